The lowest BCUT2D eigenvalue weighted by Crippen LogP contribution is -2.38. The van der Waals surface area contributed by atoms with Crippen molar-refractivity contribution in [3.8, 4) is 23.1 Å². The van der Waals surface area contributed by atoms with Gasteiger partial charge in [-0.05, 0) is 44.9 Å². The summed E-state index contributed by atoms with van der Waals surface area (Å²) in [5.41, 5.74) is 4.05. The van der Waals surface area contributed by atoms with Crippen molar-refractivity contribution in [1.29, 1.82) is 5.26 Å². The Bertz CT molecular complexity index is 1410. The number of carboxylic acid groups (broad SMARTS) is 1. The van der Waals surface area contributed by atoms with Crippen molar-refractivity contribution in [2.45, 2.75) is 38.8 Å². The minimum Gasteiger partial charge on any atom is -0.482 e. The number of hydrogen-bond donors (Lipinski definition) is 1. The fourth-order valence-electron chi connectivity index (χ4n) is 4.51. The first-order valence-electron chi connectivity index (χ1n) is 11.4. The van der Waals surface area contributed by atoms with Crippen molar-refractivity contribution in [2.24, 2.45) is 0 Å². The second-order valence-corrected chi connectivity index (χ2v) is 8.54. The van der Waals surface area contributed by atoms with E-state index in [9.17, 15) is 15.2 Å². The van der Waals surface area contributed by atoms with Gasteiger partial charge in [0.15, 0.2) is 0 Å². The molecule has 4 aromatic rings. The van der Waals surface area contributed by atoms with E-state index in [4.69, 9.17) is 4.74 Å². The Labute approximate surface area is 201 Å². The SMILES string of the molecule is Cc1c(-c2cc(OC(C)c3ccccn3)c3c(C#N)cnn3c2)nnn1C1CCN(C(=O)O)CC1. The molecular formula is C24H24N8O3. The number of carbonyl (C=O) groups is 1. The highest BCUT2D eigenvalue weighted by molar-refractivity contribution is 5.74. The number of piperidine rings is 1. The average Bonchev–Trinajstić information content (AvgIpc) is 3.47. The van der Waals surface area contributed by atoms with Crippen LogP contribution in [0.25, 0.3) is 16.8 Å². The van der Waals surface area contributed by atoms with E-state index in [-0.39, 0.29) is 12.1 Å². The molecule has 0 radical (unpaired) electrons. The molecule has 5 heterocycles. The third-order valence-electron chi connectivity index (χ3n) is 6.39. The van der Waals surface area contributed by atoms with Gasteiger partial charge in [0.05, 0.1) is 23.6 Å². The van der Waals surface area contributed by atoms with E-state index in [1.165, 1.54) is 11.1 Å². The van der Waals surface area contributed by atoms with Crippen molar-refractivity contribution in [1.82, 2.24) is 34.5 Å². The van der Waals surface area contributed by atoms with Crippen LogP contribution >= 0.6 is 0 Å². The first-order chi connectivity index (χ1) is 17.0. The molecule has 35 heavy (non-hydrogen) atoms. The predicted molar refractivity (Wildman–Crippen MR) is 125 cm³/mol. The molecule has 5 rings (SSSR count). The summed E-state index contributed by atoms with van der Waals surface area (Å²) in [6.07, 6.45) is 5.14. The lowest BCUT2D eigenvalue weighted by Gasteiger charge is -2.30. The first kappa shape index (κ1) is 22.3. The number of ether oxygens (including phenoxy) is 1. The van der Waals surface area contributed by atoms with E-state index in [1.54, 1.807) is 10.7 Å². The zero-order chi connectivity index (χ0) is 24.5. The Morgan fingerprint density at radius 2 is 2.11 bits per heavy atom. The molecule has 1 fully saturated rings. The number of pyridine rings is 2. The summed E-state index contributed by atoms with van der Waals surface area (Å²) >= 11 is 0. The first-order valence-corrected chi connectivity index (χ1v) is 11.4. The van der Waals surface area contributed by atoms with Gasteiger partial charge in [0, 0.05) is 31.0 Å². The lowest BCUT2D eigenvalue weighted by molar-refractivity contribution is 0.123. The third-order valence-corrected chi connectivity index (χ3v) is 6.39. The molecule has 0 aliphatic carbocycles. The molecule has 1 N–H and O–H groups in total. The Morgan fingerprint density at radius 1 is 1.31 bits per heavy atom. The number of aromatic nitrogens is 6. The summed E-state index contributed by atoms with van der Waals surface area (Å²) in [7, 11) is 0. The van der Waals surface area contributed by atoms with Gasteiger partial charge in [0.1, 0.15) is 34.7 Å². The summed E-state index contributed by atoms with van der Waals surface area (Å²) in [4.78, 5) is 17.0. The summed E-state index contributed by atoms with van der Waals surface area (Å²) in [5, 5.41) is 32.0. The maximum atomic E-state index is 11.2. The molecule has 1 unspecified atom stereocenters. The van der Waals surface area contributed by atoms with Crippen LogP contribution in [0, 0.1) is 18.3 Å². The van der Waals surface area contributed by atoms with E-state index < -0.39 is 6.09 Å². The molecule has 4 aromatic heterocycles. The summed E-state index contributed by atoms with van der Waals surface area (Å²) in [6, 6.07) is 9.73. The van der Waals surface area contributed by atoms with Gasteiger partial charge in [-0.2, -0.15) is 10.4 Å². The van der Waals surface area contributed by atoms with Gasteiger partial charge in [-0.3, -0.25) is 4.98 Å². The summed E-state index contributed by atoms with van der Waals surface area (Å²) < 4.78 is 9.78. The fraction of sp³-hybridized carbons (Fsp3) is 0.333. The third kappa shape index (κ3) is 4.14. The molecule has 1 aliphatic rings. The van der Waals surface area contributed by atoms with Crippen molar-refractivity contribution < 1.29 is 14.6 Å². The normalized spacial score (nSPS) is 15.2. The largest absolute Gasteiger partial charge is 0.482 e. The molecule has 1 aliphatic heterocycles. The average molecular weight is 473 g/mol. The highest BCUT2D eigenvalue weighted by atomic mass is 16.5. The highest BCUT2D eigenvalue weighted by Crippen LogP contribution is 2.34. The van der Waals surface area contributed by atoms with Crippen molar-refractivity contribution in [2.75, 3.05) is 13.1 Å². The van der Waals surface area contributed by atoms with Crippen LogP contribution < -0.4 is 4.74 Å². The van der Waals surface area contributed by atoms with Crippen LogP contribution in [0.3, 0.4) is 0 Å². The monoisotopic (exact) mass is 472 g/mol. The van der Waals surface area contributed by atoms with Gasteiger partial charge in [-0.15, -0.1) is 5.10 Å². The van der Waals surface area contributed by atoms with Gasteiger partial charge < -0.3 is 14.7 Å². The molecule has 0 bridgehead atoms. The van der Waals surface area contributed by atoms with Gasteiger partial charge in [0.25, 0.3) is 0 Å². The predicted octanol–water partition coefficient (Wildman–Crippen LogP) is 3.62. The van der Waals surface area contributed by atoms with E-state index in [2.05, 4.69) is 26.5 Å². The van der Waals surface area contributed by atoms with Crippen LogP contribution in [0.4, 0.5) is 4.79 Å². The molecule has 0 spiro atoms. The Kier molecular flexibility index (Phi) is 5.78. The Morgan fingerprint density at radius 3 is 2.80 bits per heavy atom. The second-order valence-electron chi connectivity index (χ2n) is 8.54. The van der Waals surface area contributed by atoms with E-state index in [1.807, 2.05) is 49.0 Å². The fourth-order valence-corrected chi connectivity index (χ4v) is 4.51. The van der Waals surface area contributed by atoms with Crippen LogP contribution in [0.15, 0.2) is 42.9 Å². The van der Waals surface area contributed by atoms with Crippen LogP contribution in [-0.2, 0) is 0 Å². The van der Waals surface area contributed by atoms with E-state index >= 15 is 0 Å². The quantitative estimate of drug-likeness (QED) is 0.465. The van der Waals surface area contributed by atoms with Gasteiger partial charge in [0.2, 0.25) is 0 Å². The number of hydrogen-bond acceptors (Lipinski definition) is 7. The van der Waals surface area contributed by atoms with Crippen molar-refractivity contribution >= 4 is 11.6 Å². The van der Waals surface area contributed by atoms with Crippen molar-refractivity contribution in [3.05, 3.63) is 59.8 Å². The molecule has 1 atom stereocenters. The second kappa shape index (κ2) is 9.06. The number of rotatable bonds is 5. The zero-order valence-electron chi connectivity index (χ0n) is 19.4. The molecule has 11 heteroatoms. The Balaban J connectivity index is 1.50. The molecule has 178 valence electrons. The standard InChI is InChI=1S/C24H24N8O3/c1-15-22(28-29-32(15)19-6-9-30(10-7-19)24(33)34)17-11-21(23-18(12-25)13-27-31(23)14-17)35-16(2)20-5-3-4-8-26-20/h3-5,8,11,13-14,16,19H,6-7,9-10H2,1-2H3,(H,33,34). The van der Waals surface area contributed by atoms with Gasteiger partial charge >= 0.3 is 6.09 Å². The topological polar surface area (TPSA) is 134 Å². The summed E-state index contributed by atoms with van der Waals surface area (Å²) in [5.74, 6) is 0.499. The molecule has 11 nitrogen and oxygen atoms in total. The Hall–Kier alpha value is -4.46. The van der Waals surface area contributed by atoms with Crippen LogP contribution in [0.2, 0.25) is 0 Å². The highest BCUT2D eigenvalue weighted by Gasteiger charge is 2.27. The molecule has 1 amide bonds. The molecule has 0 saturated carbocycles. The number of fused-ring (bicyclic) bond motifs is 1. The van der Waals surface area contributed by atoms with Crippen LogP contribution in [0.1, 0.15) is 48.9 Å². The minimum absolute atomic E-state index is 0.0744. The van der Waals surface area contributed by atoms with Gasteiger partial charge in [-0.25, -0.2) is 14.0 Å². The van der Waals surface area contributed by atoms with E-state index in [0.717, 1.165) is 17.0 Å². The number of amides is 1. The van der Waals surface area contributed by atoms with Crippen LogP contribution in [0.5, 0.6) is 5.75 Å². The molecule has 1 saturated heterocycles. The van der Waals surface area contributed by atoms with Crippen LogP contribution in [-0.4, -0.2) is 58.8 Å². The number of nitriles is 1. The maximum Gasteiger partial charge on any atom is 0.407 e. The van der Waals surface area contributed by atoms with Gasteiger partial charge in [-0.1, -0.05) is 11.3 Å². The van der Waals surface area contributed by atoms with E-state index in [0.29, 0.717) is 48.5 Å². The minimum atomic E-state index is -0.892. The zero-order valence-corrected chi connectivity index (χ0v) is 19.4. The molecular weight excluding hydrogens is 448 g/mol. The van der Waals surface area contributed by atoms with Crippen molar-refractivity contribution in [3.63, 3.8) is 0 Å². The smallest absolute Gasteiger partial charge is 0.407 e. The number of nitrogens with zero attached hydrogens (tertiary/aromatic N) is 8. The lowest BCUT2D eigenvalue weighted by atomic mass is 10.0. The number of likely N-dealkylation sites (tertiary alicyclic amines) is 1. The summed E-state index contributed by atoms with van der Waals surface area (Å²) in [6.45, 7) is 4.78. The molecule has 0 aromatic carbocycles. The maximum absolute atomic E-state index is 11.2.